The Labute approximate surface area is 98.0 Å². The number of benzene rings is 1. The number of ether oxygens (including phenoxy) is 2. The molecule has 5 nitrogen and oxygen atoms in total. The molecule has 1 heterocycles. The predicted molar refractivity (Wildman–Crippen MR) is 63.4 cm³/mol. The summed E-state index contributed by atoms with van der Waals surface area (Å²) in [5, 5.41) is 0. The quantitative estimate of drug-likeness (QED) is 0.870. The van der Waals surface area contributed by atoms with Gasteiger partial charge in [-0.2, -0.15) is 0 Å². The van der Waals surface area contributed by atoms with Gasteiger partial charge in [-0.1, -0.05) is 0 Å². The summed E-state index contributed by atoms with van der Waals surface area (Å²) in [5.74, 6) is 1.41. The van der Waals surface area contributed by atoms with Crippen molar-refractivity contribution in [3.63, 3.8) is 0 Å². The van der Waals surface area contributed by atoms with Gasteiger partial charge in [0.15, 0.2) is 0 Å². The molecule has 88 valence electrons. The highest BCUT2D eigenvalue weighted by molar-refractivity contribution is 5.70. The number of hydrogen-bond acceptors (Lipinski definition) is 4. The lowest BCUT2D eigenvalue weighted by Crippen LogP contribution is -2.08. The lowest BCUT2D eigenvalue weighted by atomic mass is 10.1. The Balaban J connectivity index is 2.55. The van der Waals surface area contributed by atoms with E-state index in [0.717, 1.165) is 11.1 Å². The van der Waals surface area contributed by atoms with E-state index in [0.29, 0.717) is 11.5 Å². The highest BCUT2D eigenvalue weighted by atomic mass is 16.5. The maximum atomic E-state index is 10.9. The fourth-order valence-corrected chi connectivity index (χ4v) is 1.53. The topological polar surface area (TPSA) is 64.2 Å². The Hall–Kier alpha value is -2.30. The van der Waals surface area contributed by atoms with Crippen LogP contribution in [0.15, 0.2) is 35.4 Å². The van der Waals surface area contributed by atoms with Crippen molar-refractivity contribution in [3.8, 4) is 22.6 Å². The Morgan fingerprint density at radius 1 is 1.24 bits per heavy atom. The molecule has 0 saturated heterocycles. The Bertz CT molecular complexity index is 558. The molecule has 1 aromatic heterocycles. The molecule has 2 aromatic rings. The second-order valence-electron chi connectivity index (χ2n) is 3.37. The van der Waals surface area contributed by atoms with Crippen LogP contribution in [0.3, 0.4) is 0 Å². The van der Waals surface area contributed by atoms with E-state index in [2.05, 4.69) is 9.97 Å². The number of aromatic nitrogens is 2. The van der Waals surface area contributed by atoms with Gasteiger partial charge in [0, 0.05) is 23.5 Å². The van der Waals surface area contributed by atoms with Crippen LogP contribution >= 0.6 is 0 Å². The molecule has 1 N–H and O–H groups in total. The zero-order valence-corrected chi connectivity index (χ0v) is 9.56. The molecule has 0 unspecified atom stereocenters. The third-order valence-electron chi connectivity index (χ3n) is 2.39. The zero-order chi connectivity index (χ0) is 12.3. The van der Waals surface area contributed by atoms with Crippen LogP contribution in [0.5, 0.6) is 11.5 Å². The van der Waals surface area contributed by atoms with Gasteiger partial charge in [-0.3, -0.25) is 0 Å². The van der Waals surface area contributed by atoms with Crippen LogP contribution in [-0.4, -0.2) is 24.2 Å². The summed E-state index contributed by atoms with van der Waals surface area (Å²) in [6.07, 6.45) is 3.09. The van der Waals surface area contributed by atoms with E-state index in [1.807, 2.05) is 6.07 Å². The van der Waals surface area contributed by atoms with Gasteiger partial charge in [-0.15, -0.1) is 0 Å². The van der Waals surface area contributed by atoms with E-state index >= 15 is 0 Å². The van der Waals surface area contributed by atoms with Crippen molar-refractivity contribution in [3.05, 3.63) is 41.1 Å². The second-order valence-corrected chi connectivity index (χ2v) is 3.37. The molecule has 0 atom stereocenters. The lowest BCUT2D eigenvalue weighted by Gasteiger charge is -2.09. The fraction of sp³-hybridized carbons (Fsp3) is 0.167. The van der Waals surface area contributed by atoms with Crippen molar-refractivity contribution < 1.29 is 9.47 Å². The van der Waals surface area contributed by atoms with Gasteiger partial charge < -0.3 is 14.5 Å². The molecule has 1 aromatic carbocycles. The highest BCUT2D eigenvalue weighted by Gasteiger charge is 2.07. The average Bonchev–Trinajstić information content (AvgIpc) is 2.39. The van der Waals surface area contributed by atoms with E-state index in [4.69, 9.17) is 9.47 Å². The first-order chi connectivity index (χ1) is 8.24. The summed E-state index contributed by atoms with van der Waals surface area (Å²) in [6, 6.07) is 5.44. The Morgan fingerprint density at radius 2 is 2.06 bits per heavy atom. The van der Waals surface area contributed by atoms with E-state index in [1.54, 1.807) is 32.5 Å². The molecule has 17 heavy (non-hydrogen) atoms. The van der Waals surface area contributed by atoms with Crippen LogP contribution in [-0.2, 0) is 0 Å². The van der Waals surface area contributed by atoms with Crippen molar-refractivity contribution in [2.45, 2.75) is 0 Å². The summed E-state index contributed by atoms with van der Waals surface area (Å²) >= 11 is 0. The van der Waals surface area contributed by atoms with Crippen molar-refractivity contribution in [1.82, 2.24) is 9.97 Å². The molecular weight excluding hydrogens is 220 g/mol. The van der Waals surface area contributed by atoms with E-state index in [9.17, 15) is 4.79 Å². The van der Waals surface area contributed by atoms with Gasteiger partial charge in [0.1, 0.15) is 11.5 Å². The van der Waals surface area contributed by atoms with Crippen LogP contribution in [0.2, 0.25) is 0 Å². The molecule has 0 aliphatic heterocycles. The van der Waals surface area contributed by atoms with Gasteiger partial charge in [-0.25, -0.2) is 9.78 Å². The van der Waals surface area contributed by atoms with Crippen LogP contribution in [0.1, 0.15) is 0 Å². The molecule has 5 heteroatoms. The number of H-pyrrole nitrogens is 1. The molecule has 0 radical (unpaired) electrons. The van der Waals surface area contributed by atoms with Gasteiger partial charge >= 0.3 is 5.69 Å². The maximum Gasteiger partial charge on any atom is 0.344 e. The van der Waals surface area contributed by atoms with E-state index < -0.39 is 0 Å². The van der Waals surface area contributed by atoms with Crippen LogP contribution in [0.25, 0.3) is 11.1 Å². The number of rotatable bonds is 3. The molecule has 0 aliphatic carbocycles. The summed E-state index contributed by atoms with van der Waals surface area (Å²) in [5.41, 5.74) is 1.20. The summed E-state index contributed by atoms with van der Waals surface area (Å²) in [7, 11) is 3.18. The standard InChI is InChI=1S/C12H12N2O3/c1-16-9-3-4-11(17-2)10(5-9)8-6-13-12(15)14-7-8/h3-7H,1-2H3,(H,13,14,15). The number of hydrogen-bond donors (Lipinski definition) is 1. The highest BCUT2D eigenvalue weighted by Crippen LogP contribution is 2.32. The molecular formula is C12H12N2O3. The van der Waals surface area contributed by atoms with Crippen molar-refractivity contribution in [2.75, 3.05) is 14.2 Å². The van der Waals surface area contributed by atoms with Gasteiger partial charge in [0.25, 0.3) is 0 Å². The van der Waals surface area contributed by atoms with Gasteiger partial charge in [-0.05, 0) is 18.2 Å². The maximum absolute atomic E-state index is 10.9. The first-order valence-electron chi connectivity index (χ1n) is 5.01. The normalized spacial score (nSPS) is 10.0. The first-order valence-corrected chi connectivity index (χ1v) is 5.01. The summed E-state index contributed by atoms with van der Waals surface area (Å²) in [6.45, 7) is 0. The molecule has 0 amide bonds. The third-order valence-corrected chi connectivity index (χ3v) is 2.39. The number of methoxy groups -OCH3 is 2. The monoisotopic (exact) mass is 232 g/mol. The minimum absolute atomic E-state index is 0.379. The largest absolute Gasteiger partial charge is 0.497 e. The first kappa shape index (κ1) is 11.2. The minimum Gasteiger partial charge on any atom is -0.497 e. The Kier molecular flexibility index (Phi) is 3.09. The zero-order valence-electron chi connectivity index (χ0n) is 9.56. The summed E-state index contributed by atoms with van der Waals surface area (Å²) in [4.78, 5) is 17.1. The number of nitrogens with one attached hydrogen (secondary N) is 1. The lowest BCUT2D eigenvalue weighted by molar-refractivity contribution is 0.404. The van der Waals surface area contributed by atoms with Gasteiger partial charge in [0.2, 0.25) is 0 Å². The third kappa shape index (κ3) is 2.28. The smallest absolute Gasteiger partial charge is 0.344 e. The molecule has 2 rings (SSSR count). The summed E-state index contributed by atoms with van der Waals surface area (Å²) < 4.78 is 10.4. The SMILES string of the molecule is COc1ccc(OC)c(-c2cnc(=O)[nH]c2)c1. The molecule has 0 saturated carbocycles. The van der Waals surface area contributed by atoms with Crippen LogP contribution in [0, 0.1) is 0 Å². The van der Waals surface area contributed by atoms with Gasteiger partial charge in [0.05, 0.1) is 14.2 Å². The van der Waals surface area contributed by atoms with E-state index in [1.165, 1.54) is 6.20 Å². The van der Waals surface area contributed by atoms with Crippen LogP contribution < -0.4 is 15.2 Å². The molecule has 0 aliphatic rings. The fourth-order valence-electron chi connectivity index (χ4n) is 1.53. The number of aromatic amines is 1. The van der Waals surface area contributed by atoms with Crippen LogP contribution in [0.4, 0.5) is 0 Å². The van der Waals surface area contributed by atoms with Crippen molar-refractivity contribution >= 4 is 0 Å². The number of nitrogens with zero attached hydrogens (tertiary/aromatic N) is 1. The molecule has 0 spiro atoms. The van der Waals surface area contributed by atoms with Crippen molar-refractivity contribution in [1.29, 1.82) is 0 Å². The second kappa shape index (κ2) is 4.69. The van der Waals surface area contributed by atoms with Crippen molar-refractivity contribution in [2.24, 2.45) is 0 Å². The Morgan fingerprint density at radius 3 is 2.65 bits per heavy atom. The van der Waals surface area contributed by atoms with E-state index in [-0.39, 0.29) is 5.69 Å². The average molecular weight is 232 g/mol. The minimum atomic E-state index is -0.379. The molecule has 0 bridgehead atoms. The molecule has 0 fully saturated rings. The predicted octanol–water partition coefficient (Wildman–Crippen LogP) is 1.45.